The van der Waals surface area contributed by atoms with E-state index in [-0.39, 0.29) is 32.4 Å². The Kier molecular flexibility index (Phi) is 8.70. The zero-order valence-electron chi connectivity index (χ0n) is 9.38. The van der Waals surface area contributed by atoms with Crippen molar-refractivity contribution < 1.29 is 33.9 Å². The number of carboxylic acids is 2. The van der Waals surface area contributed by atoms with Crippen LogP contribution in [0.2, 0.25) is 0 Å². The number of aliphatic carboxylic acids is 2. The summed E-state index contributed by atoms with van der Waals surface area (Å²) in [6.07, 6.45) is -1.18. The van der Waals surface area contributed by atoms with Crippen LogP contribution < -0.4 is 9.44 Å². The standard InChI is InChI=1S/C8H14N2O7S/c11-6(12)2-1-5-17-8(15)10-18(16)9-4-3-7(13)14/h9H,1-5H2,(H,10,15)(H,11,12)(H,13,14). The molecule has 0 aliphatic heterocycles. The van der Waals surface area contributed by atoms with Crippen LogP contribution in [0, 0.1) is 0 Å². The number of carbonyl (C=O) groups is 3. The summed E-state index contributed by atoms with van der Waals surface area (Å²) in [4.78, 5) is 31.2. The summed E-state index contributed by atoms with van der Waals surface area (Å²) in [5.74, 6) is -2.06. The lowest BCUT2D eigenvalue weighted by Gasteiger charge is -2.10. The highest BCUT2D eigenvalue weighted by molar-refractivity contribution is 7.88. The Morgan fingerprint density at radius 3 is 2.33 bits per heavy atom. The minimum absolute atomic E-state index is 0.0682. The molecule has 1 amide bonds. The van der Waals surface area contributed by atoms with E-state index < -0.39 is 29.6 Å². The Morgan fingerprint density at radius 2 is 1.78 bits per heavy atom. The Balaban J connectivity index is 3.54. The number of ether oxygens (including phenoxy) is 1. The van der Waals surface area contributed by atoms with Crippen molar-refractivity contribution in [2.75, 3.05) is 13.2 Å². The van der Waals surface area contributed by atoms with E-state index in [9.17, 15) is 18.9 Å². The second kappa shape index (κ2) is 9.50. The second-order valence-electron chi connectivity index (χ2n) is 3.04. The lowest BCUT2D eigenvalue weighted by molar-refractivity contribution is -0.138. The van der Waals surface area contributed by atoms with Crippen LogP contribution in [0.3, 0.4) is 0 Å². The summed E-state index contributed by atoms with van der Waals surface area (Å²) in [5.41, 5.74) is 0. The molecule has 0 rings (SSSR count). The van der Waals surface area contributed by atoms with Gasteiger partial charge in [0.1, 0.15) is 0 Å². The molecule has 1 unspecified atom stereocenters. The van der Waals surface area contributed by atoms with Gasteiger partial charge in [-0.2, -0.15) is 0 Å². The fourth-order valence-electron chi connectivity index (χ4n) is 0.780. The van der Waals surface area contributed by atoms with Gasteiger partial charge < -0.3 is 19.5 Å². The molecule has 0 aromatic heterocycles. The van der Waals surface area contributed by atoms with Crippen LogP contribution in [0.15, 0.2) is 0 Å². The number of carboxylic acid groups (broad SMARTS) is 2. The number of hydrogen-bond donors (Lipinski definition) is 4. The van der Waals surface area contributed by atoms with Crippen LogP contribution in [-0.2, 0) is 25.9 Å². The van der Waals surface area contributed by atoms with Crippen molar-refractivity contribution in [2.24, 2.45) is 0 Å². The predicted octanol–water partition coefficient (Wildman–Crippen LogP) is -0.780. The number of carbonyl (C=O) groups excluding carboxylic acids is 1. The Labute approximate surface area is 106 Å². The zero-order valence-corrected chi connectivity index (χ0v) is 10.2. The molecule has 9 nitrogen and oxygen atoms in total. The zero-order chi connectivity index (χ0) is 14.0. The van der Waals surface area contributed by atoms with Crippen molar-refractivity contribution >= 4 is 29.6 Å². The third kappa shape index (κ3) is 11.0. The van der Waals surface area contributed by atoms with Gasteiger partial charge in [-0.15, -0.1) is 9.44 Å². The number of rotatable bonds is 9. The van der Waals surface area contributed by atoms with Crippen LogP contribution in [0.5, 0.6) is 0 Å². The van der Waals surface area contributed by atoms with E-state index in [2.05, 4.69) is 9.46 Å². The first-order valence-electron chi connectivity index (χ1n) is 4.94. The molecule has 0 saturated heterocycles. The van der Waals surface area contributed by atoms with Gasteiger partial charge in [0.2, 0.25) is 0 Å². The highest BCUT2D eigenvalue weighted by atomic mass is 32.2. The molecule has 0 spiro atoms. The third-order valence-corrected chi connectivity index (χ3v) is 2.33. The summed E-state index contributed by atoms with van der Waals surface area (Å²) in [6.45, 7) is -0.175. The maximum Gasteiger partial charge on any atom is 0.450 e. The summed E-state index contributed by atoms with van der Waals surface area (Å²) >= 11 is -1.93. The lowest BCUT2D eigenvalue weighted by Crippen LogP contribution is -2.41. The van der Waals surface area contributed by atoms with Gasteiger partial charge in [-0.05, 0) is 6.42 Å². The van der Waals surface area contributed by atoms with E-state index in [1.54, 1.807) is 0 Å². The van der Waals surface area contributed by atoms with E-state index in [1.165, 1.54) is 0 Å². The lowest BCUT2D eigenvalue weighted by atomic mass is 10.3. The quantitative estimate of drug-likeness (QED) is 0.318. The Hall–Kier alpha value is -1.52. The average Bonchev–Trinajstić information content (AvgIpc) is 2.23. The largest absolute Gasteiger partial charge is 0.573 e. The third-order valence-electron chi connectivity index (χ3n) is 1.52. The van der Waals surface area contributed by atoms with E-state index in [0.717, 1.165) is 0 Å². The molecule has 0 aliphatic carbocycles. The summed E-state index contributed by atoms with van der Waals surface area (Å²) in [5, 5.41) is 16.6. The monoisotopic (exact) mass is 282 g/mol. The van der Waals surface area contributed by atoms with Gasteiger partial charge in [-0.25, -0.2) is 4.79 Å². The predicted molar refractivity (Wildman–Crippen MR) is 59.8 cm³/mol. The van der Waals surface area contributed by atoms with Crippen LogP contribution in [0.25, 0.3) is 0 Å². The molecule has 0 aliphatic rings. The van der Waals surface area contributed by atoms with Crippen molar-refractivity contribution in [1.82, 2.24) is 9.44 Å². The van der Waals surface area contributed by atoms with Gasteiger partial charge in [0, 0.05) is 6.42 Å². The first-order chi connectivity index (χ1) is 8.41. The fraction of sp³-hybridized carbons (Fsp3) is 0.625. The smallest absolute Gasteiger partial charge is 0.450 e. The molecule has 104 valence electrons. The molecule has 0 radical (unpaired) electrons. The van der Waals surface area contributed by atoms with Crippen molar-refractivity contribution in [1.29, 1.82) is 0 Å². The average molecular weight is 282 g/mol. The second-order valence-corrected chi connectivity index (χ2v) is 4.07. The van der Waals surface area contributed by atoms with Crippen molar-refractivity contribution in [3.05, 3.63) is 0 Å². The molecule has 4 N–H and O–H groups in total. The van der Waals surface area contributed by atoms with Gasteiger partial charge >= 0.3 is 18.0 Å². The van der Waals surface area contributed by atoms with Crippen molar-refractivity contribution in [2.45, 2.75) is 19.3 Å². The first kappa shape index (κ1) is 16.5. The molecule has 0 bridgehead atoms. The molecule has 0 heterocycles. The van der Waals surface area contributed by atoms with Crippen LogP contribution in [-0.4, -0.2) is 45.9 Å². The minimum Gasteiger partial charge on any atom is -0.573 e. The highest BCUT2D eigenvalue weighted by Gasteiger charge is 2.13. The molecule has 18 heavy (non-hydrogen) atoms. The maximum absolute atomic E-state index is 11.1. The van der Waals surface area contributed by atoms with Gasteiger partial charge in [0.05, 0.1) is 19.6 Å². The molecule has 1 atom stereocenters. The summed E-state index contributed by atoms with van der Waals surface area (Å²) < 4.78 is 19.7. The van der Waals surface area contributed by atoms with Crippen LogP contribution >= 0.6 is 0 Å². The van der Waals surface area contributed by atoms with Crippen molar-refractivity contribution in [3.63, 3.8) is 0 Å². The molecule has 0 fully saturated rings. The van der Waals surface area contributed by atoms with Gasteiger partial charge in [-0.1, -0.05) is 0 Å². The number of nitrogens with one attached hydrogen (secondary N) is 2. The molecule has 0 aromatic carbocycles. The van der Waals surface area contributed by atoms with E-state index in [4.69, 9.17) is 10.2 Å². The number of amides is 1. The molecule has 10 heteroatoms. The van der Waals surface area contributed by atoms with E-state index in [0.29, 0.717) is 0 Å². The first-order valence-corrected chi connectivity index (χ1v) is 6.09. The van der Waals surface area contributed by atoms with Crippen LogP contribution in [0.4, 0.5) is 4.79 Å². The van der Waals surface area contributed by atoms with Gasteiger partial charge in [0.25, 0.3) is 0 Å². The fourth-order valence-corrected chi connectivity index (χ4v) is 1.35. The Morgan fingerprint density at radius 1 is 1.17 bits per heavy atom. The van der Waals surface area contributed by atoms with Gasteiger partial charge in [-0.3, -0.25) is 9.59 Å². The van der Waals surface area contributed by atoms with E-state index >= 15 is 0 Å². The SMILES string of the molecule is O=C(O)CCCOC(=O)N[S+]([O-])NCCC(=O)O. The maximum atomic E-state index is 11.1. The van der Waals surface area contributed by atoms with Crippen LogP contribution in [0.1, 0.15) is 19.3 Å². The minimum atomic E-state index is -1.93. The molecular weight excluding hydrogens is 268 g/mol. The Bertz CT molecular complexity index is 299. The van der Waals surface area contributed by atoms with Gasteiger partial charge in [0.15, 0.2) is 11.5 Å². The topological polar surface area (TPSA) is 148 Å². The van der Waals surface area contributed by atoms with Crippen molar-refractivity contribution in [3.8, 4) is 0 Å². The van der Waals surface area contributed by atoms with E-state index in [1.807, 2.05) is 4.72 Å². The summed E-state index contributed by atoms with van der Waals surface area (Å²) in [7, 11) is 0. The molecular formula is C8H14N2O7S. The molecule has 0 aromatic rings. The normalized spacial score (nSPS) is 11.6. The number of hydrogen-bond acceptors (Lipinski definition) is 6. The summed E-state index contributed by atoms with van der Waals surface area (Å²) in [6, 6.07) is 0. The highest BCUT2D eigenvalue weighted by Crippen LogP contribution is 1.91. The molecule has 0 saturated carbocycles.